The maximum absolute atomic E-state index is 3.65. The first-order chi connectivity index (χ1) is 7.35. The van der Waals surface area contributed by atoms with E-state index in [0.29, 0.717) is 6.04 Å². The normalized spacial score (nSPS) is 27.2. The largest absolute Gasteiger partial charge is 0.310 e. The highest BCUT2D eigenvalue weighted by Gasteiger charge is 2.33. The summed E-state index contributed by atoms with van der Waals surface area (Å²) in [7, 11) is 2.26. The van der Waals surface area contributed by atoms with Crippen molar-refractivity contribution in [3.8, 4) is 0 Å². The molecule has 0 spiro atoms. The minimum Gasteiger partial charge on any atom is -0.310 e. The molecule has 16 heavy (non-hydrogen) atoms. The first-order valence-electron chi connectivity index (χ1n) is 6.81. The predicted octanol–water partition coefficient (Wildman–Crippen LogP) is 2.74. The number of nitrogens with zero attached hydrogens (tertiary/aromatic N) is 1. The molecule has 1 saturated carbocycles. The van der Waals surface area contributed by atoms with Crippen LogP contribution in [0.2, 0.25) is 0 Å². The molecule has 1 fully saturated rings. The average Bonchev–Trinajstić information content (AvgIpc) is 2.91. The van der Waals surface area contributed by atoms with Crippen molar-refractivity contribution in [2.45, 2.75) is 59.0 Å². The van der Waals surface area contributed by atoms with Crippen LogP contribution in [-0.2, 0) is 0 Å². The van der Waals surface area contributed by atoms with Gasteiger partial charge in [0, 0.05) is 24.7 Å². The molecule has 0 radical (unpaired) electrons. The van der Waals surface area contributed by atoms with Crippen LogP contribution in [0, 0.1) is 11.8 Å². The van der Waals surface area contributed by atoms with Gasteiger partial charge in [-0.2, -0.15) is 0 Å². The van der Waals surface area contributed by atoms with E-state index < -0.39 is 0 Å². The Balaban J connectivity index is 2.20. The zero-order valence-electron chi connectivity index (χ0n) is 12.0. The number of nitrogens with one attached hydrogen (secondary N) is 1. The summed E-state index contributed by atoms with van der Waals surface area (Å²) in [6.45, 7) is 13.9. The van der Waals surface area contributed by atoms with E-state index in [0.717, 1.165) is 18.4 Å². The van der Waals surface area contributed by atoms with Crippen LogP contribution >= 0.6 is 0 Å². The number of rotatable bonds is 7. The fourth-order valence-corrected chi connectivity index (χ4v) is 1.91. The monoisotopic (exact) mass is 226 g/mol. The molecule has 1 aliphatic rings. The standard InChI is InChI=1S/C14H30N2/c1-7-14(4,5)15-9-12(3)16(6)10-13-8-11(13)2/h11-13,15H,7-10H2,1-6H3. The van der Waals surface area contributed by atoms with Gasteiger partial charge < -0.3 is 10.2 Å². The lowest BCUT2D eigenvalue weighted by molar-refractivity contribution is 0.220. The fourth-order valence-electron chi connectivity index (χ4n) is 1.91. The lowest BCUT2D eigenvalue weighted by atomic mass is 10.0. The van der Waals surface area contributed by atoms with Gasteiger partial charge in [-0.25, -0.2) is 0 Å². The van der Waals surface area contributed by atoms with Crippen LogP contribution in [-0.4, -0.2) is 36.6 Å². The molecule has 0 aromatic carbocycles. The van der Waals surface area contributed by atoms with Gasteiger partial charge in [-0.1, -0.05) is 13.8 Å². The van der Waals surface area contributed by atoms with E-state index in [9.17, 15) is 0 Å². The van der Waals surface area contributed by atoms with Gasteiger partial charge in [0.25, 0.3) is 0 Å². The van der Waals surface area contributed by atoms with Crippen LogP contribution in [0.5, 0.6) is 0 Å². The van der Waals surface area contributed by atoms with Gasteiger partial charge in [0.15, 0.2) is 0 Å². The van der Waals surface area contributed by atoms with E-state index in [1.54, 1.807) is 0 Å². The van der Waals surface area contributed by atoms with Crippen LogP contribution in [0.3, 0.4) is 0 Å². The minimum atomic E-state index is 0.280. The number of hydrogen-bond donors (Lipinski definition) is 1. The van der Waals surface area contributed by atoms with Gasteiger partial charge in [0.1, 0.15) is 0 Å². The Bertz CT molecular complexity index is 213. The van der Waals surface area contributed by atoms with Gasteiger partial charge in [-0.15, -0.1) is 0 Å². The first kappa shape index (κ1) is 14.0. The second-order valence-corrected chi connectivity index (χ2v) is 6.38. The van der Waals surface area contributed by atoms with E-state index in [-0.39, 0.29) is 5.54 Å². The summed E-state index contributed by atoms with van der Waals surface area (Å²) in [6, 6.07) is 0.638. The second-order valence-electron chi connectivity index (χ2n) is 6.38. The third kappa shape index (κ3) is 4.42. The Morgan fingerprint density at radius 2 is 2.00 bits per heavy atom. The molecule has 1 rings (SSSR count). The molecule has 0 aromatic heterocycles. The zero-order valence-corrected chi connectivity index (χ0v) is 12.0. The summed E-state index contributed by atoms with van der Waals surface area (Å²) >= 11 is 0. The second kappa shape index (κ2) is 5.50. The van der Waals surface area contributed by atoms with E-state index in [1.807, 2.05) is 0 Å². The summed E-state index contributed by atoms with van der Waals surface area (Å²) in [5, 5.41) is 3.65. The Labute approximate surface area is 102 Å². The Hall–Kier alpha value is -0.0800. The van der Waals surface area contributed by atoms with Gasteiger partial charge in [0.2, 0.25) is 0 Å². The molecule has 3 unspecified atom stereocenters. The van der Waals surface area contributed by atoms with Crippen LogP contribution in [0.1, 0.15) is 47.5 Å². The van der Waals surface area contributed by atoms with Gasteiger partial charge >= 0.3 is 0 Å². The van der Waals surface area contributed by atoms with Crippen molar-refractivity contribution in [3.63, 3.8) is 0 Å². The van der Waals surface area contributed by atoms with Gasteiger partial charge in [-0.05, 0) is 52.5 Å². The van der Waals surface area contributed by atoms with E-state index in [4.69, 9.17) is 0 Å². The Morgan fingerprint density at radius 3 is 2.44 bits per heavy atom. The molecule has 2 nitrogen and oxygen atoms in total. The molecular formula is C14H30N2. The summed E-state index contributed by atoms with van der Waals surface area (Å²) in [5.41, 5.74) is 0.280. The first-order valence-corrected chi connectivity index (χ1v) is 6.81. The van der Waals surface area contributed by atoms with Crippen molar-refractivity contribution in [3.05, 3.63) is 0 Å². The molecule has 0 saturated heterocycles. The topological polar surface area (TPSA) is 15.3 Å². The number of hydrogen-bond acceptors (Lipinski definition) is 2. The highest BCUT2D eigenvalue weighted by Crippen LogP contribution is 2.38. The predicted molar refractivity (Wildman–Crippen MR) is 71.7 cm³/mol. The smallest absolute Gasteiger partial charge is 0.0189 e. The van der Waals surface area contributed by atoms with Gasteiger partial charge in [0.05, 0.1) is 0 Å². The highest BCUT2D eigenvalue weighted by atomic mass is 15.2. The van der Waals surface area contributed by atoms with Gasteiger partial charge in [-0.3, -0.25) is 0 Å². The molecule has 96 valence electrons. The summed E-state index contributed by atoms with van der Waals surface area (Å²) in [4.78, 5) is 2.51. The van der Waals surface area contributed by atoms with Crippen molar-refractivity contribution >= 4 is 0 Å². The molecular weight excluding hydrogens is 196 g/mol. The van der Waals surface area contributed by atoms with Crippen molar-refractivity contribution in [1.82, 2.24) is 10.2 Å². The molecule has 2 heteroatoms. The van der Waals surface area contributed by atoms with Crippen molar-refractivity contribution in [2.24, 2.45) is 11.8 Å². The zero-order chi connectivity index (χ0) is 12.3. The van der Waals surface area contributed by atoms with E-state index >= 15 is 0 Å². The van der Waals surface area contributed by atoms with Crippen LogP contribution in [0.4, 0.5) is 0 Å². The SMILES string of the molecule is CCC(C)(C)NCC(C)N(C)CC1CC1C. The van der Waals surface area contributed by atoms with E-state index in [2.05, 4.69) is 51.9 Å². The van der Waals surface area contributed by atoms with Crippen molar-refractivity contribution in [1.29, 1.82) is 0 Å². The fraction of sp³-hybridized carbons (Fsp3) is 1.00. The maximum atomic E-state index is 3.65. The molecule has 1 N–H and O–H groups in total. The molecule has 0 bridgehead atoms. The Kier molecular flexibility index (Phi) is 4.81. The van der Waals surface area contributed by atoms with Crippen LogP contribution in [0.25, 0.3) is 0 Å². The minimum absolute atomic E-state index is 0.280. The third-order valence-corrected chi connectivity index (χ3v) is 4.31. The summed E-state index contributed by atoms with van der Waals surface area (Å²) in [5.74, 6) is 1.93. The average molecular weight is 226 g/mol. The molecule has 0 heterocycles. The maximum Gasteiger partial charge on any atom is 0.0189 e. The summed E-state index contributed by atoms with van der Waals surface area (Å²) in [6.07, 6.45) is 2.62. The highest BCUT2D eigenvalue weighted by molar-refractivity contribution is 4.86. The lowest BCUT2D eigenvalue weighted by Crippen LogP contribution is -2.46. The summed E-state index contributed by atoms with van der Waals surface area (Å²) < 4.78 is 0. The van der Waals surface area contributed by atoms with Crippen LogP contribution < -0.4 is 5.32 Å². The quantitative estimate of drug-likeness (QED) is 0.718. The van der Waals surface area contributed by atoms with Crippen LogP contribution in [0.15, 0.2) is 0 Å². The molecule has 0 aliphatic heterocycles. The molecule has 0 aromatic rings. The number of likely N-dealkylation sites (N-methyl/N-ethyl adjacent to an activating group) is 1. The third-order valence-electron chi connectivity index (χ3n) is 4.31. The van der Waals surface area contributed by atoms with Crippen molar-refractivity contribution in [2.75, 3.05) is 20.1 Å². The lowest BCUT2D eigenvalue weighted by Gasteiger charge is -2.31. The molecule has 3 atom stereocenters. The van der Waals surface area contributed by atoms with E-state index in [1.165, 1.54) is 19.4 Å². The molecule has 1 aliphatic carbocycles. The Morgan fingerprint density at radius 1 is 1.44 bits per heavy atom. The molecule has 0 amide bonds. The van der Waals surface area contributed by atoms with Crippen molar-refractivity contribution < 1.29 is 0 Å².